The molecule has 1 fully saturated rings. The number of imidazole rings is 1. The highest BCUT2D eigenvalue weighted by atomic mass is 19.3. The van der Waals surface area contributed by atoms with E-state index >= 15 is 0 Å². The van der Waals surface area contributed by atoms with Crippen LogP contribution in [0.2, 0.25) is 0 Å². The van der Waals surface area contributed by atoms with Crippen molar-refractivity contribution in [2.75, 3.05) is 12.3 Å². The summed E-state index contributed by atoms with van der Waals surface area (Å²) in [6.07, 6.45) is -1.72. The zero-order chi connectivity index (χ0) is 21.7. The summed E-state index contributed by atoms with van der Waals surface area (Å²) < 4.78 is 40.5. The number of benzene rings is 1. The Morgan fingerprint density at radius 1 is 1.37 bits per heavy atom. The molecule has 2 atom stereocenters. The van der Waals surface area contributed by atoms with E-state index in [9.17, 15) is 13.6 Å². The van der Waals surface area contributed by atoms with E-state index in [1.54, 1.807) is 0 Å². The number of nitrogens with one attached hydrogen (secondary N) is 1. The normalized spacial score (nSPS) is 21.0. The summed E-state index contributed by atoms with van der Waals surface area (Å²) in [7, 11) is 0. The highest BCUT2D eigenvalue weighted by Crippen LogP contribution is 2.41. The Morgan fingerprint density at radius 3 is 2.80 bits per heavy atom. The van der Waals surface area contributed by atoms with Gasteiger partial charge in [0.1, 0.15) is 6.23 Å². The van der Waals surface area contributed by atoms with Crippen molar-refractivity contribution in [2.45, 2.75) is 51.6 Å². The number of ether oxygens (including phenoxy) is 2. The topological polar surface area (TPSA) is 108 Å². The predicted molar refractivity (Wildman–Crippen MR) is 108 cm³/mol. The molecule has 1 saturated heterocycles. The van der Waals surface area contributed by atoms with E-state index in [4.69, 9.17) is 15.2 Å². The minimum Gasteiger partial charge on any atom is -0.374 e. The Hall–Kier alpha value is -2.85. The van der Waals surface area contributed by atoms with Crippen LogP contribution in [0, 0.1) is 0 Å². The van der Waals surface area contributed by atoms with Crippen molar-refractivity contribution < 1.29 is 18.3 Å². The molecular formula is C20H25F2N5O3. The summed E-state index contributed by atoms with van der Waals surface area (Å²) in [5.74, 6) is -0.0800. The van der Waals surface area contributed by atoms with Crippen molar-refractivity contribution in [1.29, 1.82) is 0 Å². The molecule has 0 radical (unpaired) electrons. The number of aromatic nitrogens is 4. The molecule has 0 bridgehead atoms. The van der Waals surface area contributed by atoms with Gasteiger partial charge in [-0.1, -0.05) is 44.2 Å². The van der Waals surface area contributed by atoms with Crippen LogP contribution in [0.25, 0.3) is 11.2 Å². The maximum Gasteiger partial charge on any atom is 0.280 e. The number of hydrogen-bond acceptors (Lipinski definition) is 6. The lowest BCUT2D eigenvalue weighted by Gasteiger charge is -2.28. The monoisotopic (exact) mass is 421 g/mol. The molecule has 0 aliphatic carbocycles. The maximum atomic E-state index is 13.9. The van der Waals surface area contributed by atoms with Gasteiger partial charge in [-0.15, -0.1) is 0 Å². The lowest BCUT2D eigenvalue weighted by Crippen LogP contribution is -2.42. The molecule has 1 aliphatic rings. The number of aromatic amines is 1. The quantitative estimate of drug-likeness (QED) is 0.633. The molecule has 2 unspecified atom stereocenters. The van der Waals surface area contributed by atoms with Gasteiger partial charge in [-0.3, -0.25) is 14.3 Å². The first-order valence-corrected chi connectivity index (χ1v) is 9.78. The van der Waals surface area contributed by atoms with Crippen molar-refractivity contribution in [1.82, 2.24) is 19.5 Å². The van der Waals surface area contributed by atoms with Crippen LogP contribution in [0.3, 0.4) is 0 Å². The van der Waals surface area contributed by atoms with Gasteiger partial charge in [-0.05, 0) is 18.4 Å². The number of nitrogens with two attached hydrogens (primary N) is 1. The van der Waals surface area contributed by atoms with Crippen LogP contribution in [-0.4, -0.2) is 38.2 Å². The standard InChI is InChI=1S/C18H19F2N5O3.C2H6/c19-16(20)18(9-27-8-11-4-2-1-3-5-11)7-6-12(28-18)25-10-22-13-14(25)23-17(21)24-15(13)26;1-2/h1-5,10,12,16H,6-9H2,(H3,21,23,24,26);1-2H3. The fourth-order valence-electron chi connectivity index (χ4n) is 3.35. The van der Waals surface area contributed by atoms with Crippen LogP contribution in [0.5, 0.6) is 0 Å². The van der Waals surface area contributed by atoms with Crippen molar-refractivity contribution in [3.63, 3.8) is 0 Å². The van der Waals surface area contributed by atoms with Crippen LogP contribution in [0.4, 0.5) is 14.7 Å². The third-order valence-electron chi connectivity index (χ3n) is 4.80. The van der Waals surface area contributed by atoms with Crippen molar-refractivity contribution in [2.24, 2.45) is 0 Å². The molecule has 8 nitrogen and oxygen atoms in total. The Bertz CT molecular complexity index is 1020. The van der Waals surface area contributed by atoms with E-state index in [1.807, 2.05) is 44.2 Å². The number of H-pyrrole nitrogens is 1. The number of alkyl halides is 2. The largest absolute Gasteiger partial charge is 0.374 e. The van der Waals surface area contributed by atoms with Gasteiger partial charge in [0.05, 0.1) is 19.5 Å². The van der Waals surface area contributed by atoms with E-state index in [0.717, 1.165) is 5.56 Å². The molecule has 3 aromatic rings. The van der Waals surface area contributed by atoms with Crippen LogP contribution in [0.1, 0.15) is 38.5 Å². The van der Waals surface area contributed by atoms with Gasteiger partial charge in [0.15, 0.2) is 16.8 Å². The van der Waals surface area contributed by atoms with Gasteiger partial charge >= 0.3 is 0 Å². The average molecular weight is 421 g/mol. The third-order valence-corrected chi connectivity index (χ3v) is 4.80. The zero-order valence-electron chi connectivity index (χ0n) is 16.8. The Morgan fingerprint density at radius 2 is 2.10 bits per heavy atom. The van der Waals surface area contributed by atoms with E-state index < -0.39 is 23.8 Å². The molecule has 2 aromatic heterocycles. The first-order valence-electron chi connectivity index (χ1n) is 9.78. The van der Waals surface area contributed by atoms with Crippen LogP contribution in [0.15, 0.2) is 41.5 Å². The summed E-state index contributed by atoms with van der Waals surface area (Å²) in [6.45, 7) is 3.96. The second kappa shape index (κ2) is 9.31. The van der Waals surface area contributed by atoms with Crippen LogP contribution >= 0.6 is 0 Å². The Balaban J connectivity index is 0.00000124. The van der Waals surface area contributed by atoms with Crippen LogP contribution in [-0.2, 0) is 16.1 Å². The van der Waals surface area contributed by atoms with E-state index in [-0.39, 0.29) is 36.7 Å². The number of nitrogens with zero attached hydrogens (tertiary/aromatic N) is 3. The molecule has 162 valence electrons. The fraction of sp³-hybridized carbons (Fsp3) is 0.450. The highest BCUT2D eigenvalue weighted by Gasteiger charge is 2.49. The summed E-state index contributed by atoms with van der Waals surface area (Å²) in [5, 5.41) is 0. The molecule has 3 N–H and O–H groups in total. The van der Waals surface area contributed by atoms with Crippen molar-refractivity contribution >= 4 is 17.1 Å². The maximum absolute atomic E-state index is 13.9. The second-order valence-electron chi connectivity index (χ2n) is 6.73. The van der Waals surface area contributed by atoms with E-state index in [0.29, 0.717) is 6.42 Å². The molecule has 1 aromatic carbocycles. The van der Waals surface area contributed by atoms with Gasteiger partial charge < -0.3 is 15.2 Å². The molecule has 30 heavy (non-hydrogen) atoms. The van der Waals surface area contributed by atoms with Crippen molar-refractivity contribution in [3.05, 3.63) is 52.6 Å². The van der Waals surface area contributed by atoms with Gasteiger partial charge in [-0.25, -0.2) is 13.8 Å². The Labute approximate surface area is 172 Å². The SMILES string of the molecule is CC.Nc1nc2c(ncn2C2CCC(COCc3ccccc3)(C(F)F)O2)c(=O)[nH]1. The summed E-state index contributed by atoms with van der Waals surface area (Å²) in [5.41, 5.74) is 4.52. The summed E-state index contributed by atoms with van der Waals surface area (Å²) >= 11 is 0. The second-order valence-corrected chi connectivity index (χ2v) is 6.73. The van der Waals surface area contributed by atoms with Crippen LogP contribution < -0.4 is 11.3 Å². The van der Waals surface area contributed by atoms with Gasteiger partial charge in [0.2, 0.25) is 5.95 Å². The minimum atomic E-state index is -2.73. The fourth-order valence-corrected chi connectivity index (χ4v) is 3.35. The zero-order valence-corrected chi connectivity index (χ0v) is 16.8. The Kier molecular flexibility index (Phi) is 6.78. The molecule has 10 heteroatoms. The predicted octanol–water partition coefficient (Wildman–Crippen LogP) is 3.26. The number of halogens is 2. The van der Waals surface area contributed by atoms with E-state index in [2.05, 4.69) is 15.0 Å². The lowest BCUT2D eigenvalue weighted by atomic mass is 10.0. The van der Waals surface area contributed by atoms with E-state index in [1.165, 1.54) is 10.9 Å². The molecule has 0 amide bonds. The molecular weight excluding hydrogens is 396 g/mol. The number of fused-ring (bicyclic) bond motifs is 1. The number of hydrogen-bond donors (Lipinski definition) is 2. The first kappa shape index (κ1) is 21.8. The number of rotatable bonds is 6. The molecule has 0 saturated carbocycles. The van der Waals surface area contributed by atoms with Gasteiger partial charge in [0.25, 0.3) is 12.0 Å². The van der Waals surface area contributed by atoms with Gasteiger partial charge in [-0.2, -0.15) is 4.98 Å². The summed E-state index contributed by atoms with van der Waals surface area (Å²) in [6, 6.07) is 9.30. The smallest absolute Gasteiger partial charge is 0.280 e. The molecule has 1 aliphatic heterocycles. The highest BCUT2D eigenvalue weighted by molar-refractivity contribution is 5.70. The molecule has 0 spiro atoms. The minimum absolute atomic E-state index is 0.0766. The summed E-state index contributed by atoms with van der Waals surface area (Å²) in [4.78, 5) is 22.3. The van der Waals surface area contributed by atoms with Crippen molar-refractivity contribution in [3.8, 4) is 0 Å². The first-order chi connectivity index (χ1) is 14.5. The molecule has 3 heterocycles. The van der Waals surface area contributed by atoms with Gasteiger partial charge in [0, 0.05) is 0 Å². The third kappa shape index (κ3) is 4.34. The average Bonchev–Trinajstić information content (AvgIpc) is 3.35. The number of nitrogen functional groups attached to an aromatic ring is 1. The lowest BCUT2D eigenvalue weighted by molar-refractivity contribution is -0.179. The molecule has 4 rings (SSSR count). The number of anilines is 1.